The molecule has 0 atom stereocenters. The van der Waals surface area contributed by atoms with Crippen LogP contribution in [-0.4, -0.2) is 19.5 Å². The quantitative estimate of drug-likeness (QED) is 0.340. The fourth-order valence-electron chi connectivity index (χ4n) is 3.18. The van der Waals surface area contributed by atoms with Crippen LogP contribution in [0, 0.1) is 0 Å². The number of hydrogen-bond acceptors (Lipinski definition) is 0. The van der Waals surface area contributed by atoms with Gasteiger partial charge in [-0.05, 0) is 18.4 Å². The van der Waals surface area contributed by atoms with Gasteiger partial charge >= 0.3 is 0 Å². The molecule has 0 aromatic heterocycles. The van der Waals surface area contributed by atoms with Crippen molar-refractivity contribution in [2.24, 2.45) is 0 Å². The molecular formula is C21H38BrP. The first-order valence-corrected chi connectivity index (χ1v) is 12.6. The van der Waals surface area contributed by atoms with Gasteiger partial charge in [-0.15, -0.1) is 0 Å². The number of unbranched alkanes of at least 4 members (excludes halogenated alkanes) is 9. The molecular weight excluding hydrogens is 363 g/mol. The summed E-state index contributed by atoms with van der Waals surface area (Å²) < 4.78 is 0. The van der Waals surface area contributed by atoms with Crippen LogP contribution >= 0.6 is 7.26 Å². The first-order chi connectivity index (χ1) is 10.6. The fourth-order valence-corrected chi connectivity index (χ4v) is 5.62. The summed E-state index contributed by atoms with van der Waals surface area (Å²) in [5.41, 5.74) is 1.54. The van der Waals surface area contributed by atoms with Gasteiger partial charge in [0.1, 0.15) is 0 Å². The first kappa shape index (κ1) is 23.1. The first-order valence-electron chi connectivity index (χ1n) is 9.50. The van der Waals surface area contributed by atoms with Crippen LogP contribution in [0.15, 0.2) is 30.3 Å². The highest BCUT2D eigenvalue weighted by Crippen LogP contribution is 2.54. The summed E-state index contributed by atoms with van der Waals surface area (Å²) in [5.74, 6) is 0. The minimum atomic E-state index is -0.738. The predicted octanol–water partition coefficient (Wildman–Crippen LogP) is 4.39. The van der Waals surface area contributed by atoms with Gasteiger partial charge in [0.05, 0.1) is 12.3 Å². The van der Waals surface area contributed by atoms with Gasteiger partial charge in [0.15, 0.2) is 0 Å². The molecule has 0 aliphatic heterocycles. The van der Waals surface area contributed by atoms with E-state index in [1.165, 1.54) is 82.1 Å². The van der Waals surface area contributed by atoms with Crippen LogP contribution in [0.1, 0.15) is 76.7 Å². The summed E-state index contributed by atoms with van der Waals surface area (Å²) in [6.07, 6.45) is 17.3. The van der Waals surface area contributed by atoms with E-state index in [0.717, 1.165) is 0 Å². The van der Waals surface area contributed by atoms with Gasteiger partial charge in [-0.1, -0.05) is 88.6 Å². The molecule has 0 heterocycles. The zero-order chi connectivity index (χ0) is 16.1. The van der Waals surface area contributed by atoms with Gasteiger partial charge < -0.3 is 17.0 Å². The van der Waals surface area contributed by atoms with Crippen LogP contribution in [-0.2, 0) is 6.16 Å². The predicted molar refractivity (Wildman–Crippen MR) is 106 cm³/mol. The smallest absolute Gasteiger partial charge is 0.0837 e. The van der Waals surface area contributed by atoms with Crippen molar-refractivity contribution in [3.05, 3.63) is 35.9 Å². The molecule has 0 fully saturated rings. The highest BCUT2D eigenvalue weighted by atomic mass is 79.9. The van der Waals surface area contributed by atoms with Gasteiger partial charge in [-0.3, -0.25) is 0 Å². The molecule has 1 aromatic carbocycles. The van der Waals surface area contributed by atoms with Crippen molar-refractivity contribution in [2.75, 3.05) is 19.5 Å². The zero-order valence-electron chi connectivity index (χ0n) is 15.7. The maximum absolute atomic E-state index is 2.54. The molecule has 134 valence electrons. The lowest BCUT2D eigenvalue weighted by Gasteiger charge is -2.18. The summed E-state index contributed by atoms with van der Waals surface area (Å²) in [7, 11) is -0.738. The third-order valence-corrected chi connectivity index (χ3v) is 7.32. The minimum absolute atomic E-state index is 0. The van der Waals surface area contributed by atoms with Crippen LogP contribution in [0.4, 0.5) is 0 Å². The van der Waals surface area contributed by atoms with Crippen molar-refractivity contribution in [2.45, 2.75) is 77.3 Å². The summed E-state index contributed by atoms with van der Waals surface area (Å²) in [6, 6.07) is 11.1. The Morgan fingerprint density at radius 2 is 1.17 bits per heavy atom. The normalized spacial score (nSPS) is 11.3. The van der Waals surface area contributed by atoms with Gasteiger partial charge in [-0.2, -0.15) is 0 Å². The largest absolute Gasteiger partial charge is 1.00 e. The van der Waals surface area contributed by atoms with E-state index in [-0.39, 0.29) is 17.0 Å². The zero-order valence-corrected chi connectivity index (χ0v) is 18.2. The average molecular weight is 401 g/mol. The third-order valence-electron chi connectivity index (χ3n) is 4.57. The summed E-state index contributed by atoms with van der Waals surface area (Å²) in [4.78, 5) is 0. The molecule has 0 saturated heterocycles. The molecule has 1 rings (SSSR count). The second-order valence-corrected chi connectivity index (χ2v) is 12.1. The molecule has 0 aliphatic carbocycles. The van der Waals surface area contributed by atoms with E-state index in [9.17, 15) is 0 Å². The Hall–Kier alpha value is 0.130. The topological polar surface area (TPSA) is 0 Å². The molecule has 0 nitrogen and oxygen atoms in total. The standard InChI is InChI=1S/C21H38P.BrH/c1-4-5-6-7-8-9-10-11-12-16-19-22(2,3)20-21-17-14-13-15-18-21;/h13-15,17-18H,4-12,16,19-20H2,1-3H3;1H/q+1;/p-1. The highest BCUT2D eigenvalue weighted by molar-refractivity contribution is 7.73. The van der Waals surface area contributed by atoms with Crippen molar-refractivity contribution in [1.29, 1.82) is 0 Å². The second kappa shape index (κ2) is 14.5. The van der Waals surface area contributed by atoms with Gasteiger partial charge in [0, 0.05) is 20.6 Å². The summed E-state index contributed by atoms with van der Waals surface area (Å²) in [5, 5.41) is 0. The maximum atomic E-state index is 2.54. The number of benzene rings is 1. The van der Waals surface area contributed by atoms with E-state index in [1.807, 2.05) is 0 Å². The monoisotopic (exact) mass is 400 g/mol. The molecule has 1 aromatic rings. The molecule has 0 aliphatic rings. The van der Waals surface area contributed by atoms with Crippen molar-refractivity contribution >= 4 is 7.26 Å². The van der Waals surface area contributed by atoms with Gasteiger partial charge in [-0.25, -0.2) is 0 Å². The summed E-state index contributed by atoms with van der Waals surface area (Å²) >= 11 is 0. The Kier molecular flexibility index (Phi) is 14.6. The van der Waals surface area contributed by atoms with E-state index in [0.29, 0.717) is 0 Å². The molecule has 2 heteroatoms. The van der Waals surface area contributed by atoms with Gasteiger partial charge in [0.25, 0.3) is 0 Å². The Bertz CT molecular complexity index is 361. The second-order valence-electron chi connectivity index (χ2n) is 7.49. The van der Waals surface area contributed by atoms with Crippen molar-refractivity contribution < 1.29 is 17.0 Å². The summed E-state index contributed by atoms with van der Waals surface area (Å²) in [6.45, 7) is 7.36. The third kappa shape index (κ3) is 13.1. The Labute approximate surface area is 157 Å². The lowest BCUT2D eigenvalue weighted by Crippen LogP contribution is -3.00. The van der Waals surface area contributed by atoms with Crippen molar-refractivity contribution in [3.8, 4) is 0 Å². The van der Waals surface area contributed by atoms with Crippen LogP contribution in [0.3, 0.4) is 0 Å². The highest BCUT2D eigenvalue weighted by Gasteiger charge is 2.24. The van der Waals surface area contributed by atoms with Crippen molar-refractivity contribution in [1.82, 2.24) is 0 Å². The molecule has 0 amide bonds. The number of rotatable bonds is 13. The number of halogens is 1. The van der Waals surface area contributed by atoms with E-state index in [2.05, 4.69) is 50.6 Å². The van der Waals surface area contributed by atoms with Gasteiger partial charge in [0.2, 0.25) is 0 Å². The molecule has 0 bridgehead atoms. The Morgan fingerprint density at radius 1 is 0.696 bits per heavy atom. The van der Waals surface area contributed by atoms with Crippen LogP contribution in [0.25, 0.3) is 0 Å². The Balaban J connectivity index is 0.00000484. The number of hydrogen-bond donors (Lipinski definition) is 0. The molecule has 0 N–H and O–H groups in total. The average Bonchev–Trinajstić information content (AvgIpc) is 2.49. The lowest BCUT2D eigenvalue weighted by atomic mass is 10.1. The van der Waals surface area contributed by atoms with Crippen molar-refractivity contribution in [3.63, 3.8) is 0 Å². The molecule has 0 radical (unpaired) electrons. The minimum Gasteiger partial charge on any atom is -1.00 e. The van der Waals surface area contributed by atoms with E-state index in [4.69, 9.17) is 0 Å². The van der Waals surface area contributed by atoms with Crippen LogP contribution in [0.5, 0.6) is 0 Å². The van der Waals surface area contributed by atoms with E-state index >= 15 is 0 Å². The lowest BCUT2D eigenvalue weighted by molar-refractivity contribution is -0.00000502. The fraction of sp³-hybridized carbons (Fsp3) is 0.714. The molecule has 0 saturated carbocycles. The van der Waals surface area contributed by atoms with Crippen LogP contribution in [0.2, 0.25) is 0 Å². The van der Waals surface area contributed by atoms with E-state index in [1.54, 1.807) is 0 Å². The molecule has 0 spiro atoms. The maximum Gasteiger partial charge on any atom is 0.0837 e. The molecule has 23 heavy (non-hydrogen) atoms. The molecule has 0 unspecified atom stereocenters. The SMILES string of the molecule is CCCCCCCCCCCC[P+](C)(C)Cc1ccccc1.[Br-]. The van der Waals surface area contributed by atoms with E-state index < -0.39 is 7.26 Å². The van der Waals surface area contributed by atoms with Crippen LogP contribution < -0.4 is 17.0 Å². The Morgan fingerprint density at radius 3 is 1.70 bits per heavy atom.